The second kappa shape index (κ2) is 13.2. The van der Waals surface area contributed by atoms with Gasteiger partial charge in [-0.1, -0.05) is 69.2 Å². The lowest BCUT2D eigenvalue weighted by Crippen LogP contribution is -2.40. The van der Waals surface area contributed by atoms with Gasteiger partial charge >= 0.3 is 5.97 Å². The molecule has 0 radical (unpaired) electrons. The highest BCUT2D eigenvalue weighted by atomic mass is 79.9. The molecule has 0 aliphatic carbocycles. The first-order chi connectivity index (χ1) is 20.7. The van der Waals surface area contributed by atoms with E-state index in [2.05, 4.69) is 20.9 Å². The first-order valence-corrected chi connectivity index (χ1v) is 15.3. The molecule has 3 aromatic carbocycles. The number of methoxy groups -OCH3 is 2. The maximum absolute atomic E-state index is 14.1. The number of esters is 1. The van der Waals surface area contributed by atoms with Gasteiger partial charge in [-0.05, 0) is 61.4 Å². The first kappa shape index (κ1) is 30.6. The molecule has 0 fully saturated rings. The van der Waals surface area contributed by atoms with Crippen LogP contribution in [0, 0.1) is 0 Å². The SMILES string of the molecule is CCOC(=O)C1=C(C)N=c2s/c(=C\c3ccccc3OCc3cccc(Cl)c3)c(=O)n2[C@H]1c1cc(OC)c(OC)cc1Br. The van der Waals surface area contributed by atoms with Crippen LogP contribution in [0.5, 0.6) is 17.2 Å². The summed E-state index contributed by atoms with van der Waals surface area (Å²) in [6, 6.07) is 17.6. The summed E-state index contributed by atoms with van der Waals surface area (Å²) in [6.07, 6.45) is 1.78. The van der Waals surface area contributed by atoms with Crippen molar-refractivity contribution in [2.45, 2.75) is 26.5 Å². The van der Waals surface area contributed by atoms with E-state index in [4.69, 9.17) is 30.5 Å². The number of para-hydroxylation sites is 1. The molecule has 1 aliphatic rings. The largest absolute Gasteiger partial charge is 0.493 e. The highest BCUT2D eigenvalue weighted by Gasteiger charge is 2.35. The Kier molecular flexibility index (Phi) is 9.39. The van der Waals surface area contributed by atoms with Crippen LogP contribution in [0.2, 0.25) is 5.02 Å². The van der Waals surface area contributed by atoms with Crippen LogP contribution in [-0.4, -0.2) is 31.4 Å². The number of benzene rings is 3. The zero-order valence-corrected chi connectivity index (χ0v) is 27.0. The number of fused-ring (bicyclic) bond motifs is 1. The Morgan fingerprint density at radius 2 is 1.81 bits per heavy atom. The van der Waals surface area contributed by atoms with Gasteiger partial charge in [-0.25, -0.2) is 9.79 Å². The van der Waals surface area contributed by atoms with Gasteiger partial charge in [0.1, 0.15) is 12.4 Å². The van der Waals surface area contributed by atoms with Gasteiger partial charge < -0.3 is 18.9 Å². The summed E-state index contributed by atoms with van der Waals surface area (Å²) in [6.45, 7) is 3.95. The number of thiazole rings is 1. The molecule has 0 amide bonds. The fraction of sp³-hybridized carbons (Fsp3) is 0.219. The second-order valence-corrected chi connectivity index (χ2v) is 11.8. The molecule has 0 saturated carbocycles. The smallest absolute Gasteiger partial charge is 0.338 e. The fourth-order valence-corrected chi connectivity index (χ4v) is 6.62. The van der Waals surface area contributed by atoms with E-state index in [0.717, 1.165) is 11.1 Å². The Morgan fingerprint density at radius 1 is 1.07 bits per heavy atom. The number of nitrogens with zero attached hydrogens (tertiary/aromatic N) is 2. The van der Waals surface area contributed by atoms with Crippen LogP contribution >= 0.6 is 38.9 Å². The predicted molar refractivity (Wildman–Crippen MR) is 170 cm³/mol. The number of ether oxygens (including phenoxy) is 4. The molecular formula is C32H28BrClN2O6S. The summed E-state index contributed by atoms with van der Waals surface area (Å²) in [7, 11) is 3.07. The van der Waals surface area contributed by atoms with Gasteiger partial charge in [0, 0.05) is 15.1 Å². The van der Waals surface area contributed by atoms with E-state index < -0.39 is 12.0 Å². The van der Waals surface area contributed by atoms with E-state index in [1.54, 1.807) is 32.1 Å². The lowest BCUT2D eigenvalue weighted by molar-refractivity contribution is -0.139. The van der Waals surface area contributed by atoms with Crippen LogP contribution < -0.4 is 29.1 Å². The molecule has 1 aromatic heterocycles. The third kappa shape index (κ3) is 6.27. The van der Waals surface area contributed by atoms with Gasteiger partial charge in [-0.2, -0.15) is 0 Å². The molecule has 2 heterocycles. The lowest BCUT2D eigenvalue weighted by Gasteiger charge is -2.26. The van der Waals surface area contributed by atoms with E-state index in [1.165, 1.54) is 30.1 Å². The molecule has 0 saturated heterocycles. The molecule has 1 aliphatic heterocycles. The zero-order valence-electron chi connectivity index (χ0n) is 23.9. The molecule has 4 aromatic rings. The minimum Gasteiger partial charge on any atom is -0.493 e. The minimum absolute atomic E-state index is 0.172. The monoisotopic (exact) mass is 682 g/mol. The zero-order chi connectivity index (χ0) is 30.7. The van der Waals surface area contributed by atoms with Gasteiger partial charge in [0.15, 0.2) is 16.3 Å². The van der Waals surface area contributed by atoms with Crippen LogP contribution in [-0.2, 0) is 16.1 Å². The van der Waals surface area contributed by atoms with Crippen molar-refractivity contribution in [2.75, 3.05) is 20.8 Å². The van der Waals surface area contributed by atoms with E-state index in [-0.39, 0.29) is 17.7 Å². The average molecular weight is 684 g/mol. The van der Waals surface area contributed by atoms with E-state index in [0.29, 0.717) is 53.9 Å². The van der Waals surface area contributed by atoms with Crippen molar-refractivity contribution in [3.8, 4) is 17.2 Å². The predicted octanol–water partition coefficient (Wildman–Crippen LogP) is 5.81. The van der Waals surface area contributed by atoms with Crippen molar-refractivity contribution < 1.29 is 23.7 Å². The summed E-state index contributed by atoms with van der Waals surface area (Å²) in [5, 5.41) is 0.628. The molecule has 1 atom stereocenters. The van der Waals surface area contributed by atoms with Gasteiger partial charge in [0.2, 0.25) is 0 Å². The summed E-state index contributed by atoms with van der Waals surface area (Å²) < 4.78 is 25.1. The van der Waals surface area contributed by atoms with Gasteiger partial charge in [-0.15, -0.1) is 0 Å². The van der Waals surface area contributed by atoms with E-state index >= 15 is 0 Å². The molecule has 0 spiro atoms. The number of carbonyl (C=O) groups is 1. The molecule has 43 heavy (non-hydrogen) atoms. The average Bonchev–Trinajstić information content (AvgIpc) is 3.29. The standard InChI is InChI=1S/C32H28BrClN2O6S/c1-5-41-31(38)28-18(2)35-32-36(29(28)22-15-25(39-3)26(40-4)16-23(22)33)30(37)27(43-32)14-20-10-6-7-12-24(20)42-17-19-9-8-11-21(34)13-19/h6-16,29H,5,17H2,1-4H3/b27-14-/t29-/m0/s1. The summed E-state index contributed by atoms with van der Waals surface area (Å²) in [5.74, 6) is 1.00. The number of carbonyl (C=O) groups excluding carboxylic acids is 1. The summed E-state index contributed by atoms with van der Waals surface area (Å²) in [5.41, 5.74) is 2.67. The number of rotatable bonds is 9. The quantitative estimate of drug-likeness (QED) is 0.207. The first-order valence-electron chi connectivity index (χ1n) is 13.3. The maximum atomic E-state index is 14.1. The summed E-state index contributed by atoms with van der Waals surface area (Å²) in [4.78, 5) is 32.5. The molecule has 5 rings (SSSR count). The van der Waals surface area contributed by atoms with Gasteiger partial charge in [-0.3, -0.25) is 9.36 Å². The number of hydrogen-bond acceptors (Lipinski definition) is 8. The third-order valence-corrected chi connectivity index (χ3v) is 8.71. The Hall–Kier alpha value is -3.86. The Labute approximate surface area is 265 Å². The highest BCUT2D eigenvalue weighted by molar-refractivity contribution is 9.10. The van der Waals surface area contributed by atoms with Gasteiger partial charge in [0.25, 0.3) is 5.56 Å². The topological polar surface area (TPSA) is 88.4 Å². The lowest BCUT2D eigenvalue weighted by atomic mass is 9.95. The second-order valence-electron chi connectivity index (χ2n) is 9.49. The van der Waals surface area contributed by atoms with Crippen LogP contribution in [0.3, 0.4) is 0 Å². The number of aromatic nitrogens is 1. The molecular weight excluding hydrogens is 656 g/mol. The molecule has 0 bridgehead atoms. The third-order valence-electron chi connectivity index (χ3n) is 6.80. The van der Waals surface area contributed by atoms with Crippen LogP contribution in [0.25, 0.3) is 6.08 Å². The summed E-state index contributed by atoms with van der Waals surface area (Å²) >= 11 is 11.0. The number of allylic oxidation sites excluding steroid dienone is 1. The van der Waals surface area contributed by atoms with Crippen molar-refractivity contribution >= 4 is 50.9 Å². The van der Waals surface area contributed by atoms with E-state index in [1.807, 2.05) is 48.5 Å². The van der Waals surface area contributed by atoms with Crippen molar-refractivity contribution in [2.24, 2.45) is 4.99 Å². The highest BCUT2D eigenvalue weighted by Crippen LogP contribution is 2.40. The van der Waals surface area contributed by atoms with Crippen LogP contribution in [0.1, 0.15) is 36.6 Å². The van der Waals surface area contributed by atoms with E-state index in [9.17, 15) is 9.59 Å². The molecule has 8 nitrogen and oxygen atoms in total. The van der Waals surface area contributed by atoms with Crippen molar-refractivity contribution in [3.05, 3.63) is 118 Å². The van der Waals surface area contributed by atoms with Gasteiger partial charge in [0.05, 0.1) is 42.7 Å². The van der Waals surface area contributed by atoms with Crippen LogP contribution in [0.15, 0.2) is 86.2 Å². The Morgan fingerprint density at radius 3 is 2.53 bits per heavy atom. The Bertz CT molecular complexity index is 1920. The normalized spacial score (nSPS) is 14.7. The molecule has 222 valence electrons. The van der Waals surface area contributed by atoms with Crippen molar-refractivity contribution in [3.63, 3.8) is 0 Å². The molecule has 0 unspecified atom stereocenters. The maximum Gasteiger partial charge on any atom is 0.338 e. The number of hydrogen-bond donors (Lipinski definition) is 0. The Balaban J connectivity index is 1.65. The number of halogens is 2. The molecule has 11 heteroatoms. The van der Waals surface area contributed by atoms with Crippen LogP contribution in [0.4, 0.5) is 0 Å². The van der Waals surface area contributed by atoms with Crippen molar-refractivity contribution in [1.29, 1.82) is 0 Å². The molecule has 0 N–H and O–H groups in total. The van der Waals surface area contributed by atoms with Crippen molar-refractivity contribution in [1.82, 2.24) is 4.57 Å². The minimum atomic E-state index is -0.832. The fourth-order valence-electron chi connectivity index (χ4n) is 4.83.